The van der Waals surface area contributed by atoms with Crippen LogP contribution in [0.5, 0.6) is 5.88 Å². The van der Waals surface area contributed by atoms with E-state index in [1.165, 1.54) is 0 Å². The molecule has 3 aromatic rings. The highest BCUT2D eigenvalue weighted by molar-refractivity contribution is 5.85. The number of rotatable bonds is 4. The molecule has 1 aliphatic heterocycles. The number of nitrogens with one attached hydrogen (secondary N) is 1. The van der Waals surface area contributed by atoms with Gasteiger partial charge in [-0.3, -0.25) is 9.48 Å². The number of hydrogen-bond donors (Lipinski definition) is 1. The number of aryl methyl sites for hydroxylation is 2. The molecule has 4 heterocycles. The summed E-state index contributed by atoms with van der Waals surface area (Å²) in [5.41, 5.74) is 4.43. The van der Waals surface area contributed by atoms with Crippen LogP contribution in [-0.2, 0) is 18.9 Å². The number of carbonyl (C=O) groups excluding carboxylic acids is 1. The highest BCUT2D eigenvalue weighted by atomic mass is 16.5. The Hall–Kier alpha value is -2.90. The predicted octanol–water partition coefficient (Wildman–Crippen LogP) is 1.58. The molecule has 0 spiro atoms. The minimum Gasteiger partial charge on any atom is -0.473 e. The van der Waals surface area contributed by atoms with Gasteiger partial charge in [-0.15, -0.1) is 0 Å². The highest BCUT2D eigenvalue weighted by Gasteiger charge is 2.29. The summed E-state index contributed by atoms with van der Waals surface area (Å²) in [7, 11) is 3.83. The number of aromatic nitrogens is 5. The Morgan fingerprint density at radius 3 is 2.85 bits per heavy atom. The van der Waals surface area contributed by atoms with Gasteiger partial charge in [0, 0.05) is 44.2 Å². The first-order valence-corrected chi connectivity index (χ1v) is 8.68. The summed E-state index contributed by atoms with van der Waals surface area (Å²) in [6.45, 7) is 4.62. The molecule has 26 heavy (non-hydrogen) atoms. The average Bonchev–Trinajstić information content (AvgIpc) is 3.29. The van der Waals surface area contributed by atoms with Crippen LogP contribution in [0.4, 0.5) is 0 Å². The fourth-order valence-electron chi connectivity index (χ4n) is 3.34. The zero-order valence-corrected chi connectivity index (χ0v) is 15.4. The molecule has 1 saturated heterocycles. The van der Waals surface area contributed by atoms with Gasteiger partial charge in [-0.2, -0.15) is 5.10 Å². The van der Waals surface area contributed by atoms with Gasteiger partial charge in [0.2, 0.25) is 11.8 Å². The second-order valence-electron chi connectivity index (χ2n) is 6.89. The molecule has 136 valence electrons. The summed E-state index contributed by atoms with van der Waals surface area (Å²) in [6, 6.07) is 1.96. The number of carbonyl (C=O) groups is 1. The van der Waals surface area contributed by atoms with Crippen molar-refractivity contribution in [3.63, 3.8) is 0 Å². The van der Waals surface area contributed by atoms with E-state index in [4.69, 9.17) is 9.72 Å². The monoisotopic (exact) mass is 354 g/mol. The lowest BCUT2D eigenvalue weighted by Crippen LogP contribution is -2.26. The third kappa shape index (κ3) is 2.71. The zero-order valence-electron chi connectivity index (χ0n) is 15.4. The first-order valence-electron chi connectivity index (χ1n) is 8.68. The summed E-state index contributed by atoms with van der Waals surface area (Å²) >= 11 is 0. The maximum atomic E-state index is 11.5. The van der Waals surface area contributed by atoms with E-state index in [0.717, 1.165) is 28.0 Å². The molecule has 4 rings (SSSR count). The average molecular weight is 354 g/mol. The van der Waals surface area contributed by atoms with Crippen LogP contribution in [0, 0.1) is 12.8 Å². The first-order chi connectivity index (χ1) is 12.4. The van der Waals surface area contributed by atoms with Crippen molar-refractivity contribution in [3.8, 4) is 17.1 Å². The SMILES string of the molecule is Cc1c(-c2cc3ncn(C)c3c(O[C@H](C)C3CNC(=O)C3)n2)cnn1C. The van der Waals surface area contributed by atoms with Crippen LogP contribution < -0.4 is 10.1 Å². The van der Waals surface area contributed by atoms with Crippen LogP contribution >= 0.6 is 0 Å². The fourth-order valence-corrected chi connectivity index (χ4v) is 3.34. The van der Waals surface area contributed by atoms with E-state index < -0.39 is 0 Å². The van der Waals surface area contributed by atoms with Gasteiger partial charge in [-0.05, 0) is 19.9 Å². The Kier molecular flexibility index (Phi) is 3.90. The van der Waals surface area contributed by atoms with Crippen molar-refractivity contribution >= 4 is 16.9 Å². The van der Waals surface area contributed by atoms with Gasteiger partial charge in [-0.25, -0.2) is 9.97 Å². The van der Waals surface area contributed by atoms with E-state index in [1.807, 2.05) is 43.3 Å². The van der Waals surface area contributed by atoms with Crippen molar-refractivity contribution in [2.24, 2.45) is 20.0 Å². The molecule has 1 fully saturated rings. The van der Waals surface area contributed by atoms with Crippen LogP contribution in [0.3, 0.4) is 0 Å². The normalized spacial score (nSPS) is 18.3. The molecule has 1 unspecified atom stereocenters. The zero-order chi connectivity index (χ0) is 18.4. The lowest BCUT2D eigenvalue weighted by molar-refractivity contribution is -0.119. The Morgan fingerprint density at radius 1 is 1.38 bits per heavy atom. The Bertz CT molecular complexity index is 989. The molecule has 0 aliphatic carbocycles. The predicted molar refractivity (Wildman–Crippen MR) is 96.7 cm³/mol. The minimum absolute atomic E-state index is 0.0730. The molecule has 0 bridgehead atoms. The Morgan fingerprint density at radius 2 is 2.19 bits per heavy atom. The lowest BCUT2D eigenvalue weighted by Gasteiger charge is -2.20. The van der Waals surface area contributed by atoms with Crippen molar-refractivity contribution in [1.82, 2.24) is 29.6 Å². The summed E-state index contributed by atoms with van der Waals surface area (Å²) in [5.74, 6) is 0.743. The Balaban J connectivity index is 1.75. The smallest absolute Gasteiger partial charge is 0.241 e. The third-order valence-electron chi connectivity index (χ3n) is 5.14. The Labute approximate surface area is 151 Å². The van der Waals surface area contributed by atoms with E-state index in [1.54, 1.807) is 12.5 Å². The first kappa shape index (κ1) is 16.6. The second-order valence-corrected chi connectivity index (χ2v) is 6.89. The van der Waals surface area contributed by atoms with Crippen molar-refractivity contribution in [3.05, 3.63) is 24.3 Å². The van der Waals surface area contributed by atoms with Gasteiger partial charge in [0.15, 0.2) is 0 Å². The number of hydrogen-bond acceptors (Lipinski definition) is 5. The number of nitrogens with zero attached hydrogens (tertiary/aromatic N) is 5. The number of imidazole rings is 1. The maximum absolute atomic E-state index is 11.5. The van der Waals surface area contributed by atoms with Gasteiger partial charge in [0.05, 0.1) is 23.7 Å². The quantitative estimate of drug-likeness (QED) is 0.769. The van der Waals surface area contributed by atoms with Crippen LogP contribution in [0.2, 0.25) is 0 Å². The molecule has 1 amide bonds. The number of ether oxygens (including phenoxy) is 1. The standard InChI is InChI=1S/C18H22N6O2/c1-10-13(8-21-24(10)4)14-6-15-17(23(3)9-20-15)18(22-14)26-11(2)12-5-16(25)19-7-12/h6,8-9,11-12H,5,7H2,1-4H3,(H,19,25)/t11-,12?/m1/s1. The molecule has 1 N–H and O–H groups in total. The van der Waals surface area contributed by atoms with Crippen LogP contribution in [-0.4, -0.2) is 42.9 Å². The summed E-state index contributed by atoms with van der Waals surface area (Å²) in [5, 5.41) is 7.16. The number of amides is 1. The van der Waals surface area contributed by atoms with Crippen molar-refractivity contribution < 1.29 is 9.53 Å². The summed E-state index contributed by atoms with van der Waals surface area (Å²) in [4.78, 5) is 20.7. The van der Waals surface area contributed by atoms with Gasteiger partial charge >= 0.3 is 0 Å². The third-order valence-corrected chi connectivity index (χ3v) is 5.14. The molecule has 0 radical (unpaired) electrons. The molecule has 1 aliphatic rings. The second kappa shape index (κ2) is 6.12. The highest BCUT2D eigenvalue weighted by Crippen LogP contribution is 2.31. The van der Waals surface area contributed by atoms with E-state index in [2.05, 4.69) is 15.4 Å². The topological polar surface area (TPSA) is 86.9 Å². The molecule has 0 aromatic carbocycles. The summed E-state index contributed by atoms with van der Waals surface area (Å²) < 4.78 is 9.94. The van der Waals surface area contributed by atoms with E-state index >= 15 is 0 Å². The van der Waals surface area contributed by atoms with Crippen LogP contribution in [0.1, 0.15) is 19.0 Å². The molecule has 3 aromatic heterocycles. The van der Waals surface area contributed by atoms with E-state index in [-0.39, 0.29) is 17.9 Å². The largest absolute Gasteiger partial charge is 0.473 e. The number of fused-ring (bicyclic) bond motifs is 1. The van der Waals surface area contributed by atoms with E-state index in [9.17, 15) is 4.79 Å². The van der Waals surface area contributed by atoms with Gasteiger partial charge in [0.1, 0.15) is 11.6 Å². The molecular formula is C18H22N6O2. The van der Waals surface area contributed by atoms with Crippen LogP contribution in [0.15, 0.2) is 18.6 Å². The minimum atomic E-state index is -0.134. The molecule has 0 saturated carbocycles. The van der Waals surface area contributed by atoms with Crippen molar-refractivity contribution in [2.75, 3.05) is 6.54 Å². The maximum Gasteiger partial charge on any atom is 0.241 e. The van der Waals surface area contributed by atoms with Gasteiger partial charge < -0.3 is 14.6 Å². The molecule has 8 nitrogen and oxygen atoms in total. The molecular weight excluding hydrogens is 332 g/mol. The fraction of sp³-hybridized carbons (Fsp3) is 0.444. The molecule has 2 atom stereocenters. The van der Waals surface area contributed by atoms with Gasteiger partial charge in [-0.1, -0.05) is 0 Å². The van der Waals surface area contributed by atoms with Crippen molar-refractivity contribution in [2.45, 2.75) is 26.4 Å². The lowest BCUT2D eigenvalue weighted by atomic mass is 10.0. The van der Waals surface area contributed by atoms with Crippen LogP contribution in [0.25, 0.3) is 22.3 Å². The molecule has 8 heteroatoms. The van der Waals surface area contributed by atoms with Crippen molar-refractivity contribution in [1.29, 1.82) is 0 Å². The van der Waals surface area contributed by atoms with E-state index in [0.29, 0.717) is 18.8 Å². The van der Waals surface area contributed by atoms with Gasteiger partial charge in [0.25, 0.3) is 0 Å². The number of pyridine rings is 1. The summed E-state index contributed by atoms with van der Waals surface area (Å²) in [6.07, 6.45) is 3.91.